The summed E-state index contributed by atoms with van der Waals surface area (Å²) in [7, 11) is 0. The molecule has 0 fully saturated rings. The number of aromatic nitrogens is 2. The molecule has 2 heterocycles. The molecule has 8 heteroatoms. The van der Waals surface area contributed by atoms with Crippen molar-refractivity contribution in [3.05, 3.63) is 71.1 Å². The van der Waals surface area contributed by atoms with Crippen LogP contribution in [0.15, 0.2) is 54.9 Å². The zero-order chi connectivity index (χ0) is 18.6. The van der Waals surface area contributed by atoms with Gasteiger partial charge in [0, 0.05) is 29.4 Å². The van der Waals surface area contributed by atoms with Gasteiger partial charge in [-0.3, -0.25) is 4.79 Å². The number of hydrogen-bond donors (Lipinski definition) is 2. The van der Waals surface area contributed by atoms with Gasteiger partial charge >= 0.3 is 0 Å². The lowest BCUT2D eigenvalue weighted by atomic mass is 10.2. The van der Waals surface area contributed by atoms with E-state index in [1.165, 1.54) is 6.33 Å². The maximum atomic E-state index is 12.5. The Morgan fingerprint density at radius 1 is 1.04 bits per heavy atom. The molecule has 0 bridgehead atoms. The molecule has 0 saturated carbocycles. The Morgan fingerprint density at radius 3 is 2.70 bits per heavy atom. The quantitative estimate of drug-likeness (QED) is 0.699. The minimum atomic E-state index is -0.342. The van der Waals surface area contributed by atoms with Gasteiger partial charge in [-0.05, 0) is 29.8 Å². The third-order valence-corrected chi connectivity index (χ3v) is 4.17. The minimum absolute atomic E-state index is 0.182. The van der Waals surface area contributed by atoms with E-state index in [4.69, 9.17) is 21.1 Å². The Hall–Kier alpha value is -3.32. The molecule has 0 radical (unpaired) electrons. The summed E-state index contributed by atoms with van der Waals surface area (Å²) in [4.78, 5) is 20.6. The van der Waals surface area contributed by atoms with Crippen molar-refractivity contribution in [1.29, 1.82) is 0 Å². The van der Waals surface area contributed by atoms with E-state index in [9.17, 15) is 4.79 Å². The number of rotatable bonds is 5. The van der Waals surface area contributed by atoms with Crippen LogP contribution in [0.2, 0.25) is 5.02 Å². The van der Waals surface area contributed by atoms with E-state index in [1.807, 2.05) is 24.3 Å². The number of nitrogens with one attached hydrogen (secondary N) is 2. The fourth-order valence-corrected chi connectivity index (χ4v) is 2.67. The van der Waals surface area contributed by atoms with Crippen LogP contribution in [0.1, 0.15) is 16.1 Å². The number of halogens is 1. The summed E-state index contributed by atoms with van der Waals surface area (Å²) in [5, 5.41) is 6.63. The topological polar surface area (TPSA) is 85.4 Å². The summed E-state index contributed by atoms with van der Waals surface area (Å²) in [6, 6.07) is 14.3. The van der Waals surface area contributed by atoms with Crippen LogP contribution in [0, 0.1) is 0 Å². The fourth-order valence-electron chi connectivity index (χ4n) is 2.54. The number of nitrogens with zero attached hydrogens (tertiary/aromatic N) is 2. The van der Waals surface area contributed by atoms with Gasteiger partial charge in [0.2, 0.25) is 6.79 Å². The molecular formula is C19H15ClN4O3. The highest BCUT2D eigenvalue weighted by Gasteiger charge is 2.15. The lowest BCUT2D eigenvalue weighted by Gasteiger charge is -2.08. The van der Waals surface area contributed by atoms with E-state index in [0.29, 0.717) is 34.6 Å². The van der Waals surface area contributed by atoms with Crippen LogP contribution in [0.25, 0.3) is 0 Å². The summed E-state index contributed by atoms with van der Waals surface area (Å²) in [5.41, 5.74) is 1.89. The van der Waals surface area contributed by atoms with Crippen LogP contribution in [0.5, 0.6) is 11.5 Å². The smallest absolute Gasteiger partial charge is 0.274 e. The Morgan fingerprint density at radius 2 is 1.85 bits per heavy atom. The van der Waals surface area contributed by atoms with E-state index < -0.39 is 0 Å². The van der Waals surface area contributed by atoms with Crippen LogP contribution in [-0.2, 0) is 6.54 Å². The van der Waals surface area contributed by atoms with Crippen LogP contribution in [-0.4, -0.2) is 22.7 Å². The largest absolute Gasteiger partial charge is 0.454 e. The van der Waals surface area contributed by atoms with Gasteiger partial charge in [-0.2, -0.15) is 0 Å². The van der Waals surface area contributed by atoms with Gasteiger partial charge in [0.1, 0.15) is 17.8 Å². The number of benzene rings is 2. The van der Waals surface area contributed by atoms with Gasteiger partial charge in [-0.1, -0.05) is 23.7 Å². The maximum Gasteiger partial charge on any atom is 0.274 e. The molecule has 1 aliphatic rings. The van der Waals surface area contributed by atoms with Gasteiger partial charge in [0.05, 0.1) is 0 Å². The highest BCUT2D eigenvalue weighted by molar-refractivity contribution is 6.30. The second-order valence-electron chi connectivity index (χ2n) is 5.79. The van der Waals surface area contributed by atoms with Crippen LogP contribution in [0.4, 0.5) is 11.5 Å². The number of anilines is 2. The third kappa shape index (κ3) is 4.09. The van der Waals surface area contributed by atoms with E-state index in [2.05, 4.69) is 20.6 Å². The molecule has 3 aromatic rings. The number of carbonyl (C=O) groups is 1. The summed E-state index contributed by atoms with van der Waals surface area (Å²) >= 11 is 5.88. The molecule has 4 rings (SSSR count). The van der Waals surface area contributed by atoms with Gasteiger partial charge in [-0.25, -0.2) is 9.97 Å². The van der Waals surface area contributed by atoms with Gasteiger partial charge < -0.3 is 20.1 Å². The second kappa shape index (κ2) is 7.51. The van der Waals surface area contributed by atoms with Crippen molar-refractivity contribution in [2.45, 2.75) is 6.54 Å². The fraction of sp³-hybridized carbons (Fsp3) is 0.105. The summed E-state index contributed by atoms with van der Waals surface area (Å²) in [6.45, 7) is 0.735. The number of amides is 1. The Bertz CT molecular complexity index is 979. The summed E-state index contributed by atoms with van der Waals surface area (Å²) < 4.78 is 10.6. The average molecular weight is 383 g/mol. The third-order valence-electron chi connectivity index (χ3n) is 3.92. The lowest BCUT2D eigenvalue weighted by molar-refractivity contribution is 0.102. The monoisotopic (exact) mass is 382 g/mol. The molecule has 2 aromatic carbocycles. The average Bonchev–Trinajstić information content (AvgIpc) is 3.15. The molecule has 1 aliphatic heterocycles. The lowest BCUT2D eigenvalue weighted by Crippen LogP contribution is -2.14. The molecule has 136 valence electrons. The van der Waals surface area contributed by atoms with Crippen molar-refractivity contribution in [2.75, 3.05) is 17.4 Å². The van der Waals surface area contributed by atoms with Crippen molar-refractivity contribution in [1.82, 2.24) is 9.97 Å². The van der Waals surface area contributed by atoms with Gasteiger partial charge in [0.25, 0.3) is 5.91 Å². The predicted molar refractivity (Wildman–Crippen MR) is 101 cm³/mol. The second-order valence-corrected chi connectivity index (χ2v) is 6.23. The molecule has 0 unspecified atom stereocenters. The van der Waals surface area contributed by atoms with E-state index >= 15 is 0 Å². The first-order chi connectivity index (χ1) is 13.2. The Balaban J connectivity index is 1.42. The highest BCUT2D eigenvalue weighted by atomic mass is 35.5. The van der Waals surface area contributed by atoms with Crippen molar-refractivity contribution >= 4 is 29.0 Å². The normalized spacial score (nSPS) is 11.9. The molecule has 1 amide bonds. The minimum Gasteiger partial charge on any atom is -0.454 e. The zero-order valence-corrected chi connectivity index (χ0v) is 14.9. The number of fused-ring (bicyclic) bond motifs is 1. The number of ether oxygens (including phenoxy) is 2. The first-order valence-electron chi connectivity index (χ1n) is 8.19. The van der Waals surface area contributed by atoms with E-state index in [1.54, 1.807) is 24.3 Å². The summed E-state index contributed by atoms with van der Waals surface area (Å²) in [6.07, 6.45) is 1.35. The Labute approximate surface area is 160 Å². The Kier molecular flexibility index (Phi) is 4.76. The molecule has 0 aliphatic carbocycles. The van der Waals surface area contributed by atoms with Gasteiger partial charge in [-0.15, -0.1) is 0 Å². The van der Waals surface area contributed by atoms with E-state index in [0.717, 1.165) is 5.56 Å². The molecule has 27 heavy (non-hydrogen) atoms. The standard InChI is InChI=1S/C19H15ClN4O3/c20-13-3-1-12(2-4-13)9-21-18-8-15(22-10-23-18)19(25)24-14-5-6-16-17(7-14)27-11-26-16/h1-8,10H,9,11H2,(H,24,25)(H,21,22,23). The molecule has 2 N–H and O–H groups in total. The predicted octanol–water partition coefficient (Wildman–Crippen LogP) is 3.72. The van der Waals surface area contributed by atoms with Crippen LogP contribution < -0.4 is 20.1 Å². The zero-order valence-electron chi connectivity index (χ0n) is 14.1. The molecule has 1 aromatic heterocycles. The van der Waals surface area contributed by atoms with Gasteiger partial charge in [0.15, 0.2) is 11.5 Å². The molecular weight excluding hydrogens is 368 g/mol. The van der Waals surface area contributed by atoms with Crippen LogP contribution in [0.3, 0.4) is 0 Å². The highest BCUT2D eigenvalue weighted by Crippen LogP contribution is 2.34. The molecule has 0 atom stereocenters. The maximum absolute atomic E-state index is 12.5. The molecule has 0 spiro atoms. The number of hydrogen-bond acceptors (Lipinski definition) is 6. The van der Waals surface area contributed by atoms with Crippen molar-refractivity contribution in [3.8, 4) is 11.5 Å². The van der Waals surface area contributed by atoms with Crippen molar-refractivity contribution < 1.29 is 14.3 Å². The van der Waals surface area contributed by atoms with Crippen LogP contribution >= 0.6 is 11.6 Å². The summed E-state index contributed by atoms with van der Waals surface area (Å²) in [5.74, 6) is 1.46. The number of carbonyl (C=O) groups excluding carboxylic acids is 1. The van der Waals surface area contributed by atoms with Crippen molar-refractivity contribution in [3.63, 3.8) is 0 Å². The first kappa shape index (κ1) is 17.1. The van der Waals surface area contributed by atoms with Crippen molar-refractivity contribution in [2.24, 2.45) is 0 Å². The molecule has 0 saturated heterocycles. The first-order valence-corrected chi connectivity index (χ1v) is 8.56. The van der Waals surface area contributed by atoms with E-state index in [-0.39, 0.29) is 18.4 Å². The SMILES string of the molecule is O=C(Nc1ccc2c(c1)OCO2)c1cc(NCc2ccc(Cl)cc2)ncn1. The molecule has 7 nitrogen and oxygen atoms in total.